The van der Waals surface area contributed by atoms with Crippen LogP contribution in [0.3, 0.4) is 0 Å². The molecule has 0 unspecified atom stereocenters. The number of fused-ring (bicyclic) bond motifs is 3. The van der Waals surface area contributed by atoms with Gasteiger partial charge in [-0.15, -0.1) is 0 Å². The van der Waals surface area contributed by atoms with E-state index in [2.05, 4.69) is 78.4 Å². The maximum atomic E-state index is 4.62. The standard InChI is InChI=1S/C20H18N2/c1-13(2)14-7-9-15(10-8-14)19-20-17(11-12-21-19)16-5-3-4-6-18(16)22-20/h3-13,22H,1-2H3. The number of aromatic nitrogens is 2. The third-order valence-corrected chi connectivity index (χ3v) is 4.28. The smallest absolute Gasteiger partial charge is 0.0943 e. The van der Waals surface area contributed by atoms with Crippen molar-refractivity contribution < 1.29 is 0 Å². The largest absolute Gasteiger partial charge is 0.353 e. The van der Waals surface area contributed by atoms with Crippen LogP contribution in [0.25, 0.3) is 33.1 Å². The van der Waals surface area contributed by atoms with E-state index in [0.717, 1.165) is 22.3 Å². The molecular weight excluding hydrogens is 268 g/mol. The predicted octanol–water partition coefficient (Wildman–Crippen LogP) is 5.51. The summed E-state index contributed by atoms with van der Waals surface area (Å²) < 4.78 is 0. The molecule has 1 N–H and O–H groups in total. The van der Waals surface area contributed by atoms with Gasteiger partial charge in [0, 0.05) is 28.0 Å². The molecule has 0 fully saturated rings. The normalized spacial score (nSPS) is 11.6. The van der Waals surface area contributed by atoms with E-state index in [0.29, 0.717) is 5.92 Å². The second-order valence-corrected chi connectivity index (χ2v) is 6.03. The molecule has 108 valence electrons. The summed E-state index contributed by atoms with van der Waals surface area (Å²) in [7, 11) is 0. The number of para-hydroxylation sites is 1. The van der Waals surface area contributed by atoms with E-state index in [1.165, 1.54) is 16.3 Å². The Morgan fingerprint density at radius 1 is 0.864 bits per heavy atom. The maximum Gasteiger partial charge on any atom is 0.0943 e. The highest BCUT2D eigenvalue weighted by Crippen LogP contribution is 2.31. The molecule has 0 aliphatic heterocycles. The van der Waals surface area contributed by atoms with Crippen LogP contribution in [0.1, 0.15) is 25.3 Å². The Morgan fingerprint density at radius 3 is 2.41 bits per heavy atom. The van der Waals surface area contributed by atoms with Crippen LogP contribution >= 0.6 is 0 Å². The Bertz CT molecular complexity index is 946. The number of hydrogen-bond donors (Lipinski definition) is 1. The first-order valence-corrected chi connectivity index (χ1v) is 7.70. The second kappa shape index (κ2) is 4.99. The van der Waals surface area contributed by atoms with E-state index in [9.17, 15) is 0 Å². The summed E-state index contributed by atoms with van der Waals surface area (Å²) in [6.45, 7) is 4.43. The molecule has 0 aliphatic rings. The highest BCUT2D eigenvalue weighted by Gasteiger charge is 2.10. The average Bonchev–Trinajstić information content (AvgIpc) is 2.93. The topological polar surface area (TPSA) is 28.7 Å². The summed E-state index contributed by atoms with van der Waals surface area (Å²) in [5, 5.41) is 2.48. The van der Waals surface area contributed by atoms with Crippen molar-refractivity contribution in [2.45, 2.75) is 19.8 Å². The first-order valence-electron chi connectivity index (χ1n) is 7.70. The van der Waals surface area contributed by atoms with Crippen LogP contribution < -0.4 is 0 Å². The van der Waals surface area contributed by atoms with Gasteiger partial charge in [0.1, 0.15) is 0 Å². The molecule has 2 aromatic heterocycles. The fourth-order valence-electron chi connectivity index (χ4n) is 3.02. The zero-order chi connectivity index (χ0) is 15.1. The Labute approximate surface area is 129 Å². The van der Waals surface area contributed by atoms with Gasteiger partial charge in [-0.25, -0.2) is 0 Å². The van der Waals surface area contributed by atoms with E-state index >= 15 is 0 Å². The van der Waals surface area contributed by atoms with Crippen molar-refractivity contribution in [3.8, 4) is 11.3 Å². The quantitative estimate of drug-likeness (QED) is 0.517. The molecule has 2 nitrogen and oxygen atoms in total. The van der Waals surface area contributed by atoms with Gasteiger partial charge in [-0.05, 0) is 23.6 Å². The molecule has 4 rings (SSSR count). The molecule has 4 aromatic rings. The van der Waals surface area contributed by atoms with Crippen LogP contribution in [0.5, 0.6) is 0 Å². The van der Waals surface area contributed by atoms with Gasteiger partial charge in [0.25, 0.3) is 0 Å². The molecule has 2 aromatic carbocycles. The minimum Gasteiger partial charge on any atom is -0.353 e. The SMILES string of the molecule is CC(C)c1ccc(-c2nccc3c2[nH]c2ccccc23)cc1. The van der Waals surface area contributed by atoms with Gasteiger partial charge in [0.15, 0.2) is 0 Å². The van der Waals surface area contributed by atoms with Crippen LogP contribution in [-0.2, 0) is 0 Å². The Hall–Kier alpha value is -2.61. The molecule has 0 bridgehead atoms. The zero-order valence-corrected chi connectivity index (χ0v) is 12.8. The summed E-state index contributed by atoms with van der Waals surface area (Å²) in [5.74, 6) is 0.547. The van der Waals surface area contributed by atoms with Crippen molar-refractivity contribution in [3.63, 3.8) is 0 Å². The number of benzene rings is 2. The van der Waals surface area contributed by atoms with Gasteiger partial charge in [-0.1, -0.05) is 56.3 Å². The molecular formula is C20H18N2. The monoisotopic (exact) mass is 286 g/mol. The first kappa shape index (κ1) is 13.1. The molecule has 0 amide bonds. The van der Waals surface area contributed by atoms with E-state index in [4.69, 9.17) is 0 Å². The summed E-state index contributed by atoms with van der Waals surface area (Å²) >= 11 is 0. The lowest BCUT2D eigenvalue weighted by molar-refractivity contribution is 0.867. The van der Waals surface area contributed by atoms with Gasteiger partial charge >= 0.3 is 0 Å². The number of nitrogens with zero attached hydrogens (tertiary/aromatic N) is 1. The van der Waals surface area contributed by atoms with Gasteiger partial charge in [0.05, 0.1) is 11.2 Å². The van der Waals surface area contributed by atoms with E-state index < -0.39 is 0 Å². The molecule has 2 heteroatoms. The van der Waals surface area contributed by atoms with Crippen LogP contribution in [-0.4, -0.2) is 9.97 Å². The van der Waals surface area contributed by atoms with Crippen molar-refractivity contribution in [1.29, 1.82) is 0 Å². The van der Waals surface area contributed by atoms with Crippen LogP contribution in [0.2, 0.25) is 0 Å². The number of H-pyrrole nitrogens is 1. The summed E-state index contributed by atoms with van der Waals surface area (Å²) in [6, 6.07) is 19.2. The van der Waals surface area contributed by atoms with Gasteiger partial charge < -0.3 is 4.98 Å². The van der Waals surface area contributed by atoms with E-state index in [-0.39, 0.29) is 0 Å². The number of pyridine rings is 1. The summed E-state index contributed by atoms with van der Waals surface area (Å²) in [6.07, 6.45) is 1.90. The van der Waals surface area contributed by atoms with E-state index in [1.54, 1.807) is 0 Å². The minimum atomic E-state index is 0.547. The van der Waals surface area contributed by atoms with Crippen molar-refractivity contribution in [3.05, 3.63) is 66.4 Å². The van der Waals surface area contributed by atoms with Gasteiger partial charge in [-0.2, -0.15) is 0 Å². The third kappa shape index (κ3) is 2.00. The average molecular weight is 286 g/mol. The Balaban J connectivity index is 1.94. The second-order valence-electron chi connectivity index (χ2n) is 6.03. The molecule has 0 radical (unpaired) electrons. The third-order valence-electron chi connectivity index (χ3n) is 4.28. The lowest BCUT2D eigenvalue weighted by atomic mass is 10.00. The first-order chi connectivity index (χ1) is 10.7. The number of aromatic amines is 1. The molecule has 0 atom stereocenters. The highest BCUT2D eigenvalue weighted by molar-refractivity contribution is 6.10. The van der Waals surface area contributed by atoms with Crippen LogP contribution in [0.4, 0.5) is 0 Å². The molecule has 2 heterocycles. The lowest BCUT2D eigenvalue weighted by Crippen LogP contribution is -1.89. The van der Waals surface area contributed by atoms with Gasteiger partial charge in [-0.3, -0.25) is 4.98 Å². The molecule has 0 saturated carbocycles. The van der Waals surface area contributed by atoms with Crippen LogP contribution in [0.15, 0.2) is 60.8 Å². The summed E-state index contributed by atoms with van der Waals surface area (Å²) in [5.41, 5.74) is 5.80. The Morgan fingerprint density at radius 2 is 1.64 bits per heavy atom. The maximum absolute atomic E-state index is 4.62. The fourth-order valence-corrected chi connectivity index (χ4v) is 3.02. The lowest BCUT2D eigenvalue weighted by Gasteiger charge is -2.07. The molecule has 0 aliphatic carbocycles. The van der Waals surface area contributed by atoms with Crippen molar-refractivity contribution >= 4 is 21.8 Å². The summed E-state index contributed by atoms with van der Waals surface area (Å²) in [4.78, 5) is 8.14. The van der Waals surface area contributed by atoms with Crippen molar-refractivity contribution in [2.24, 2.45) is 0 Å². The predicted molar refractivity (Wildman–Crippen MR) is 93.1 cm³/mol. The fraction of sp³-hybridized carbons (Fsp3) is 0.150. The molecule has 0 saturated heterocycles. The van der Waals surface area contributed by atoms with Crippen molar-refractivity contribution in [2.75, 3.05) is 0 Å². The van der Waals surface area contributed by atoms with E-state index in [1.807, 2.05) is 6.20 Å². The number of rotatable bonds is 2. The number of hydrogen-bond acceptors (Lipinski definition) is 1. The highest BCUT2D eigenvalue weighted by atomic mass is 14.8. The number of nitrogens with one attached hydrogen (secondary N) is 1. The van der Waals surface area contributed by atoms with Gasteiger partial charge in [0.2, 0.25) is 0 Å². The molecule has 22 heavy (non-hydrogen) atoms. The zero-order valence-electron chi connectivity index (χ0n) is 12.8. The van der Waals surface area contributed by atoms with Crippen molar-refractivity contribution in [1.82, 2.24) is 9.97 Å². The molecule has 0 spiro atoms. The van der Waals surface area contributed by atoms with Crippen LogP contribution in [0, 0.1) is 0 Å². The minimum absolute atomic E-state index is 0.547. The Kier molecular flexibility index (Phi) is 2.97.